The van der Waals surface area contributed by atoms with E-state index >= 15 is 0 Å². The lowest BCUT2D eigenvalue weighted by Gasteiger charge is -2.39. The lowest BCUT2D eigenvalue weighted by molar-refractivity contribution is -0.384. The van der Waals surface area contributed by atoms with Gasteiger partial charge in [-0.1, -0.05) is 24.3 Å². The van der Waals surface area contributed by atoms with Crippen LogP contribution in [0, 0.1) is 16.0 Å². The Bertz CT molecular complexity index is 1210. The second-order valence-corrected chi connectivity index (χ2v) is 10.1. The standard InChI is InChI=1S/C26H26N2O6S/c1-15-23(26(30)34-14-19-7-3-9-33-19)24(16-5-2-6-18(11-16)28(31)32)25-20(27-15)12-17(13-21(25)29)22-8-4-10-35-22/h2,4-6,8,10-12,17,19,24-25,27H,3,7,9,13-14H2,1H3. The van der Waals surface area contributed by atoms with Crippen LogP contribution in [0.5, 0.6) is 0 Å². The van der Waals surface area contributed by atoms with E-state index in [9.17, 15) is 19.7 Å². The van der Waals surface area contributed by atoms with Gasteiger partial charge in [0.05, 0.1) is 22.5 Å². The molecule has 0 spiro atoms. The smallest absolute Gasteiger partial charge is 0.336 e. The number of fused-ring (bicyclic) bond motifs is 1. The quantitative estimate of drug-likeness (QED) is 0.355. The van der Waals surface area contributed by atoms with Gasteiger partial charge in [0, 0.05) is 53.3 Å². The zero-order chi connectivity index (χ0) is 24.5. The van der Waals surface area contributed by atoms with Gasteiger partial charge in [0.15, 0.2) is 0 Å². The maximum Gasteiger partial charge on any atom is 0.336 e. The van der Waals surface area contributed by atoms with E-state index in [4.69, 9.17) is 9.47 Å². The van der Waals surface area contributed by atoms with Crippen LogP contribution in [0.3, 0.4) is 0 Å². The fraction of sp³-hybridized carbons (Fsp3) is 0.385. The zero-order valence-corrected chi connectivity index (χ0v) is 20.1. The molecule has 182 valence electrons. The maximum atomic E-state index is 13.6. The van der Waals surface area contributed by atoms with Gasteiger partial charge in [-0.25, -0.2) is 4.79 Å². The largest absolute Gasteiger partial charge is 0.460 e. The van der Waals surface area contributed by atoms with Crippen LogP contribution >= 0.6 is 11.3 Å². The van der Waals surface area contributed by atoms with Crippen molar-refractivity contribution in [3.05, 3.63) is 85.4 Å². The highest BCUT2D eigenvalue weighted by Crippen LogP contribution is 2.47. The molecule has 1 aromatic heterocycles. The van der Waals surface area contributed by atoms with Crippen molar-refractivity contribution in [1.82, 2.24) is 5.32 Å². The van der Waals surface area contributed by atoms with Crippen molar-refractivity contribution in [3.63, 3.8) is 0 Å². The Morgan fingerprint density at radius 3 is 2.86 bits per heavy atom. The molecule has 3 heterocycles. The SMILES string of the molecule is CC1=C(C(=O)OCC2CCCO2)C(c2cccc([N+](=O)[O-])c2)C2C(=O)CC(c3cccs3)C=C2N1. The summed E-state index contributed by atoms with van der Waals surface area (Å²) < 4.78 is 11.2. The van der Waals surface area contributed by atoms with Crippen LogP contribution in [0.4, 0.5) is 5.69 Å². The highest BCUT2D eigenvalue weighted by Gasteiger charge is 2.45. The van der Waals surface area contributed by atoms with Gasteiger partial charge in [-0.2, -0.15) is 0 Å². The van der Waals surface area contributed by atoms with Crippen LogP contribution in [0.25, 0.3) is 0 Å². The monoisotopic (exact) mass is 494 g/mol. The summed E-state index contributed by atoms with van der Waals surface area (Å²) in [5.41, 5.74) is 2.10. The number of nitro benzene ring substituents is 1. The number of nitro groups is 1. The van der Waals surface area contributed by atoms with Crippen LogP contribution < -0.4 is 5.32 Å². The van der Waals surface area contributed by atoms with E-state index in [0.29, 0.717) is 29.9 Å². The van der Waals surface area contributed by atoms with E-state index in [0.717, 1.165) is 23.4 Å². The fourth-order valence-corrected chi connectivity index (χ4v) is 6.04. The molecule has 1 N–H and O–H groups in total. The van der Waals surface area contributed by atoms with Crippen LogP contribution in [0.15, 0.2) is 64.8 Å². The van der Waals surface area contributed by atoms with Gasteiger partial charge >= 0.3 is 5.97 Å². The number of benzene rings is 1. The van der Waals surface area contributed by atoms with Crippen molar-refractivity contribution in [2.75, 3.05) is 13.2 Å². The summed E-state index contributed by atoms with van der Waals surface area (Å²) in [5, 5.41) is 16.8. The number of non-ortho nitro benzene ring substituents is 1. The average Bonchev–Trinajstić information content (AvgIpc) is 3.56. The number of Topliss-reactive ketones (excluding diaryl/α,β-unsaturated/α-hetero) is 1. The highest BCUT2D eigenvalue weighted by atomic mass is 32.1. The second kappa shape index (κ2) is 9.75. The van der Waals surface area contributed by atoms with Crippen LogP contribution in [-0.2, 0) is 19.1 Å². The molecular formula is C26H26N2O6S. The van der Waals surface area contributed by atoms with E-state index in [1.807, 2.05) is 17.5 Å². The molecule has 4 unspecified atom stereocenters. The minimum Gasteiger partial charge on any atom is -0.460 e. The molecule has 1 fully saturated rings. The summed E-state index contributed by atoms with van der Waals surface area (Å²) >= 11 is 1.60. The molecule has 1 aromatic carbocycles. The number of nitrogens with zero attached hydrogens (tertiary/aromatic N) is 1. The number of hydrogen-bond acceptors (Lipinski definition) is 8. The first-order valence-corrected chi connectivity index (χ1v) is 12.6. The summed E-state index contributed by atoms with van der Waals surface area (Å²) in [7, 11) is 0. The van der Waals surface area contributed by atoms with E-state index in [1.54, 1.807) is 30.4 Å². The molecule has 3 aliphatic rings. The molecule has 5 rings (SSSR count). The lowest BCUT2D eigenvalue weighted by atomic mass is 9.69. The number of ketones is 1. The molecule has 0 saturated carbocycles. The highest BCUT2D eigenvalue weighted by molar-refractivity contribution is 7.10. The van der Waals surface area contributed by atoms with E-state index < -0.39 is 22.7 Å². The number of carbonyl (C=O) groups excluding carboxylic acids is 2. The minimum atomic E-state index is -0.684. The van der Waals surface area contributed by atoms with Crippen molar-refractivity contribution in [3.8, 4) is 0 Å². The van der Waals surface area contributed by atoms with Crippen molar-refractivity contribution in [1.29, 1.82) is 0 Å². The second-order valence-electron chi connectivity index (χ2n) is 9.12. The van der Waals surface area contributed by atoms with Crippen molar-refractivity contribution >= 4 is 28.8 Å². The molecule has 2 aliphatic heterocycles. The molecule has 4 atom stereocenters. The third kappa shape index (κ3) is 4.66. The number of allylic oxidation sites excluding steroid dienone is 3. The van der Waals surface area contributed by atoms with Crippen molar-refractivity contribution in [2.24, 2.45) is 5.92 Å². The van der Waals surface area contributed by atoms with Crippen LogP contribution in [0.1, 0.15) is 48.5 Å². The first-order valence-electron chi connectivity index (χ1n) is 11.7. The molecule has 0 amide bonds. The fourth-order valence-electron chi connectivity index (χ4n) is 5.24. The van der Waals surface area contributed by atoms with Gasteiger partial charge in [-0.15, -0.1) is 11.3 Å². The Balaban J connectivity index is 1.55. The van der Waals surface area contributed by atoms with Gasteiger partial charge in [0.2, 0.25) is 0 Å². The van der Waals surface area contributed by atoms with E-state index in [-0.39, 0.29) is 30.1 Å². The third-order valence-corrected chi connectivity index (χ3v) is 7.86. The summed E-state index contributed by atoms with van der Waals surface area (Å²) in [6.07, 6.45) is 3.98. The summed E-state index contributed by atoms with van der Waals surface area (Å²) in [6.45, 7) is 2.57. The molecule has 1 aliphatic carbocycles. The lowest BCUT2D eigenvalue weighted by Crippen LogP contribution is -2.42. The third-order valence-electron chi connectivity index (χ3n) is 6.86. The van der Waals surface area contributed by atoms with Gasteiger partial charge in [0.1, 0.15) is 12.4 Å². The summed E-state index contributed by atoms with van der Waals surface area (Å²) in [5.74, 6) is -1.93. The average molecular weight is 495 g/mol. The zero-order valence-electron chi connectivity index (χ0n) is 19.3. The van der Waals surface area contributed by atoms with Crippen LogP contribution in [-0.4, -0.2) is 36.0 Å². The van der Waals surface area contributed by atoms with Gasteiger partial charge in [-0.05, 0) is 36.8 Å². The maximum absolute atomic E-state index is 13.6. The number of ether oxygens (including phenoxy) is 2. The van der Waals surface area contributed by atoms with E-state index in [1.165, 1.54) is 12.1 Å². The Hall–Kier alpha value is -3.30. The summed E-state index contributed by atoms with van der Waals surface area (Å²) in [6, 6.07) is 10.2. The van der Waals surface area contributed by atoms with Crippen molar-refractivity contribution in [2.45, 2.75) is 44.1 Å². The molecule has 8 nitrogen and oxygen atoms in total. The molecular weight excluding hydrogens is 468 g/mol. The number of thiophene rings is 1. The number of rotatable bonds is 6. The Morgan fingerprint density at radius 2 is 2.14 bits per heavy atom. The number of nitrogens with one attached hydrogen (secondary N) is 1. The normalized spacial score (nSPS) is 26.1. The predicted octanol–water partition coefficient (Wildman–Crippen LogP) is 4.60. The van der Waals surface area contributed by atoms with Crippen molar-refractivity contribution < 1.29 is 24.0 Å². The number of carbonyl (C=O) groups is 2. The van der Waals surface area contributed by atoms with E-state index in [2.05, 4.69) is 11.4 Å². The molecule has 0 radical (unpaired) electrons. The molecule has 35 heavy (non-hydrogen) atoms. The molecule has 0 bridgehead atoms. The molecule has 2 aromatic rings. The molecule has 1 saturated heterocycles. The predicted molar refractivity (Wildman–Crippen MR) is 130 cm³/mol. The Morgan fingerprint density at radius 1 is 1.29 bits per heavy atom. The Kier molecular flexibility index (Phi) is 6.53. The molecule has 9 heteroatoms. The topological polar surface area (TPSA) is 108 Å². The Labute approximate surface area is 206 Å². The van der Waals surface area contributed by atoms with Crippen LogP contribution in [0.2, 0.25) is 0 Å². The number of esters is 1. The first-order chi connectivity index (χ1) is 16.9. The van der Waals surface area contributed by atoms with Gasteiger partial charge in [-0.3, -0.25) is 14.9 Å². The van der Waals surface area contributed by atoms with Gasteiger partial charge in [0.25, 0.3) is 5.69 Å². The van der Waals surface area contributed by atoms with Gasteiger partial charge < -0.3 is 14.8 Å². The minimum absolute atomic E-state index is 0.0122. The first kappa shape index (κ1) is 23.4. The summed E-state index contributed by atoms with van der Waals surface area (Å²) in [4.78, 5) is 39.0. The number of hydrogen-bond donors (Lipinski definition) is 1.